The van der Waals surface area contributed by atoms with Crippen LogP contribution >= 0.6 is 0 Å². The zero-order chi connectivity index (χ0) is 62.4. The van der Waals surface area contributed by atoms with E-state index < -0.39 is 221 Å². The van der Waals surface area contributed by atoms with Crippen LogP contribution in [0.5, 0.6) is 0 Å². The van der Waals surface area contributed by atoms with Crippen LogP contribution in [-0.2, 0) is 52.1 Å². The number of fused-ring (bicyclic) bond motifs is 7. The molecule has 0 aromatic heterocycles. The molecular formula is C56H94O30. The van der Waals surface area contributed by atoms with E-state index in [1.807, 2.05) is 13.8 Å². The largest absolute Gasteiger partial charge is 0.394 e. The number of aliphatic hydroxyl groups excluding tert-OH is 17. The van der Waals surface area contributed by atoms with Crippen molar-refractivity contribution < 1.29 is 149 Å². The third kappa shape index (κ3) is 11.9. The summed E-state index contributed by atoms with van der Waals surface area (Å²) < 4.78 is 65.3. The molecule has 0 spiro atoms. The van der Waals surface area contributed by atoms with Gasteiger partial charge in [0, 0.05) is 30.1 Å². The van der Waals surface area contributed by atoms with E-state index in [4.69, 9.17) is 52.1 Å². The molecule has 37 unspecified atom stereocenters. The van der Waals surface area contributed by atoms with Crippen molar-refractivity contribution >= 4 is 0 Å². The first-order chi connectivity index (χ1) is 40.6. The fourth-order valence-corrected chi connectivity index (χ4v) is 16.9. The van der Waals surface area contributed by atoms with Gasteiger partial charge >= 0.3 is 0 Å². The van der Waals surface area contributed by atoms with Crippen molar-refractivity contribution in [2.24, 2.45) is 46.3 Å². The van der Waals surface area contributed by atoms with Gasteiger partial charge in [-0.2, -0.15) is 0 Å². The monoisotopic (exact) mass is 1250 g/mol. The summed E-state index contributed by atoms with van der Waals surface area (Å²) in [5.74, 6) is -2.49. The van der Waals surface area contributed by atoms with Gasteiger partial charge in [-0.3, -0.25) is 0 Å². The molecular weight excluding hydrogens is 1150 g/mol. The molecule has 4 saturated carbocycles. The predicted molar refractivity (Wildman–Crippen MR) is 281 cm³/mol. The lowest BCUT2D eigenvalue weighted by Gasteiger charge is -2.64. The van der Waals surface area contributed by atoms with E-state index in [-0.39, 0.29) is 55.0 Å². The lowest BCUT2D eigenvalue weighted by Crippen LogP contribution is -2.68. The Balaban J connectivity index is 0.780. The third-order valence-corrected chi connectivity index (χ3v) is 22.0. The van der Waals surface area contributed by atoms with Crippen LogP contribution in [0, 0.1) is 46.3 Å². The molecule has 4 aliphatic carbocycles. The lowest BCUT2D eigenvalue weighted by molar-refractivity contribution is -0.404. The van der Waals surface area contributed by atoms with Gasteiger partial charge in [-0.25, -0.2) is 0 Å². The number of hydrogen-bond donors (Lipinski definition) is 19. The van der Waals surface area contributed by atoms with Gasteiger partial charge in [-0.1, -0.05) is 27.7 Å². The molecule has 0 bridgehead atoms. The molecule has 0 radical (unpaired) electrons. The molecule has 10 rings (SSSR count). The highest BCUT2D eigenvalue weighted by Gasteiger charge is 2.75. The zero-order valence-electron chi connectivity index (χ0n) is 48.6. The molecule has 0 aromatic rings. The van der Waals surface area contributed by atoms with Crippen molar-refractivity contribution in [3.63, 3.8) is 0 Å². The molecule has 30 heteroatoms. The first-order valence-electron chi connectivity index (χ1n) is 30.5. The number of aliphatic hydroxyl groups is 19. The molecule has 498 valence electrons. The molecule has 10 aliphatic rings. The van der Waals surface area contributed by atoms with Crippen molar-refractivity contribution in [2.75, 3.05) is 39.6 Å². The quantitative estimate of drug-likeness (QED) is 0.0567. The maximum atomic E-state index is 13.1. The van der Waals surface area contributed by atoms with E-state index >= 15 is 0 Å². The van der Waals surface area contributed by atoms with Gasteiger partial charge in [0.05, 0.1) is 63.6 Å². The average Bonchev–Trinajstić information content (AvgIpc) is 1.46. The fraction of sp³-hybridized carbons (Fsp3) is 1.00. The average molecular weight is 1250 g/mol. The second-order valence-electron chi connectivity index (χ2n) is 26.9. The Labute approximate surface area is 496 Å². The summed E-state index contributed by atoms with van der Waals surface area (Å²) in [5.41, 5.74) is -2.30. The molecule has 10 fully saturated rings. The highest BCUT2D eigenvalue weighted by molar-refractivity contribution is 5.22. The zero-order valence-corrected chi connectivity index (χ0v) is 48.6. The van der Waals surface area contributed by atoms with Crippen LogP contribution < -0.4 is 0 Å². The van der Waals surface area contributed by atoms with Crippen molar-refractivity contribution in [3.05, 3.63) is 0 Å². The van der Waals surface area contributed by atoms with Crippen LogP contribution in [0.3, 0.4) is 0 Å². The van der Waals surface area contributed by atoms with E-state index in [2.05, 4.69) is 13.8 Å². The van der Waals surface area contributed by atoms with Crippen LogP contribution in [-0.4, -0.2) is 314 Å². The van der Waals surface area contributed by atoms with Crippen molar-refractivity contribution in [1.82, 2.24) is 0 Å². The summed E-state index contributed by atoms with van der Waals surface area (Å²) in [6, 6.07) is 0. The molecule has 6 aliphatic heterocycles. The molecule has 6 heterocycles. The molecule has 86 heavy (non-hydrogen) atoms. The van der Waals surface area contributed by atoms with Crippen LogP contribution in [0.1, 0.15) is 85.5 Å². The maximum Gasteiger partial charge on any atom is 0.187 e. The Hall–Kier alpha value is -1.20. The Kier molecular flexibility index (Phi) is 20.7. The standard InChI is InChI=1S/C56H94O30/c1-20(18-76-48-42(71)38(67)35(64)29(14-57)79-48)7-10-56(75)21(2)33-28(86-56)13-55(74)24-6-5-22-11-27(25(61)12-53(22,3)23(24)8-9-54(33,55)4)78-50-44(73)40(69)45(32(17-60)82-50)83-52-47(85-51-43(72)39(68)36(65)30(15-58)80-51)46(37(66)31(16-59)81-52)84-49-41(70)34(63)26(62)19-77-49/h20-52,57-75H,5-19H2,1-4H3. The molecule has 19 N–H and O–H groups in total. The van der Waals surface area contributed by atoms with Crippen molar-refractivity contribution in [1.29, 1.82) is 0 Å². The maximum absolute atomic E-state index is 13.1. The van der Waals surface area contributed by atoms with Crippen LogP contribution in [0.2, 0.25) is 0 Å². The minimum atomic E-state index is -2.06. The molecule has 0 amide bonds. The van der Waals surface area contributed by atoms with Gasteiger partial charge in [-0.15, -0.1) is 0 Å². The highest BCUT2D eigenvalue weighted by Crippen LogP contribution is 2.72. The first-order valence-corrected chi connectivity index (χ1v) is 30.5. The van der Waals surface area contributed by atoms with Gasteiger partial charge in [0.15, 0.2) is 37.2 Å². The Morgan fingerprint density at radius 3 is 1.72 bits per heavy atom. The topological polar surface area (TPSA) is 486 Å². The molecule has 37 atom stereocenters. The smallest absolute Gasteiger partial charge is 0.187 e. The van der Waals surface area contributed by atoms with E-state index in [1.54, 1.807) is 0 Å². The van der Waals surface area contributed by atoms with Gasteiger partial charge in [-0.05, 0) is 74.0 Å². The Morgan fingerprint density at radius 2 is 1.07 bits per heavy atom. The summed E-state index contributed by atoms with van der Waals surface area (Å²) in [6.45, 7) is 4.29. The summed E-state index contributed by atoms with van der Waals surface area (Å²) in [5, 5.41) is 207. The van der Waals surface area contributed by atoms with Crippen LogP contribution in [0.15, 0.2) is 0 Å². The van der Waals surface area contributed by atoms with E-state index in [9.17, 15) is 97.0 Å². The summed E-state index contributed by atoms with van der Waals surface area (Å²) in [4.78, 5) is 0. The number of ether oxygens (including phenoxy) is 11. The SMILES string of the molecule is CC(CCC1(O)OC2CC3(O)C4CCC5CC(OC6OC(CO)C(OC7OC(CO)C(O)C(OC8OCC(O)C(O)C8O)C7OC7OC(CO)C(O)C(O)C7O)C(O)C6O)C(O)CC5(C)C4CCC3(C)C2C1C)COC1OC(CO)C(O)C(O)C1O. The second kappa shape index (κ2) is 26.3. The number of hydrogen-bond acceptors (Lipinski definition) is 30. The highest BCUT2D eigenvalue weighted by atomic mass is 16.8. The van der Waals surface area contributed by atoms with E-state index in [1.165, 1.54) is 0 Å². The van der Waals surface area contributed by atoms with Gasteiger partial charge in [0.25, 0.3) is 0 Å². The summed E-state index contributed by atoms with van der Waals surface area (Å²) in [7, 11) is 0. The van der Waals surface area contributed by atoms with Gasteiger partial charge in [0.2, 0.25) is 0 Å². The van der Waals surface area contributed by atoms with Crippen molar-refractivity contribution in [2.45, 2.75) is 263 Å². The normalized spacial score (nSPS) is 56.1. The van der Waals surface area contributed by atoms with Gasteiger partial charge < -0.3 is 149 Å². The molecule has 0 aromatic carbocycles. The third-order valence-electron chi connectivity index (χ3n) is 22.0. The minimum absolute atomic E-state index is 0.0330. The molecule has 6 saturated heterocycles. The molecule has 30 nitrogen and oxygen atoms in total. The van der Waals surface area contributed by atoms with Crippen molar-refractivity contribution in [3.8, 4) is 0 Å². The summed E-state index contributed by atoms with van der Waals surface area (Å²) in [6.07, 6.45) is -40.2. The first kappa shape index (κ1) is 67.7. The summed E-state index contributed by atoms with van der Waals surface area (Å²) >= 11 is 0. The lowest BCUT2D eigenvalue weighted by atomic mass is 9.42. The minimum Gasteiger partial charge on any atom is -0.394 e. The van der Waals surface area contributed by atoms with E-state index in [0.717, 1.165) is 6.42 Å². The van der Waals surface area contributed by atoms with Gasteiger partial charge in [0.1, 0.15) is 116 Å². The number of rotatable bonds is 18. The Bertz CT molecular complexity index is 2230. The fourth-order valence-electron chi connectivity index (χ4n) is 16.9. The van der Waals surface area contributed by atoms with Crippen LogP contribution in [0.4, 0.5) is 0 Å². The van der Waals surface area contributed by atoms with Crippen LogP contribution in [0.25, 0.3) is 0 Å². The van der Waals surface area contributed by atoms with E-state index in [0.29, 0.717) is 38.5 Å². The predicted octanol–water partition coefficient (Wildman–Crippen LogP) is -7.41. The second-order valence-corrected chi connectivity index (χ2v) is 26.9. The Morgan fingerprint density at radius 1 is 0.523 bits per heavy atom.